The molecule has 1 saturated heterocycles. The van der Waals surface area contributed by atoms with Gasteiger partial charge in [-0.1, -0.05) is 12.1 Å². The van der Waals surface area contributed by atoms with Gasteiger partial charge in [0.25, 0.3) is 0 Å². The van der Waals surface area contributed by atoms with Crippen molar-refractivity contribution in [1.82, 2.24) is 9.97 Å². The molecule has 2 bridgehead atoms. The quantitative estimate of drug-likeness (QED) is 0.571. The molecule has 5 rings (SSSR count). The minimum atomic E-state index is -4.47. The number of hydrogen-bond acceptors (Lipinski definition) is 4. The summed E-state index contributed by atoms with van der Waals surface area (Å²) in [4.78, 5) is 25.2. The predicted octanol–water partition coefficient (Wildman–Crippen LogP) is 4.93. The first-order valence-corrected chi connectivity index (χ1v) is 9.95. The second-order valence-electron chi connectivity index (χ2n) is 7.67. The fourth-order valence-electron chi connectivity index (χ4n) is 4.11. The highest BCUT2D eigenvalue weighted by atomic mass is 19.4. The summed E-state index contributed by atoms with van der Waals surface area (Å²) in [7, 11) is 0. The van der Waals surface area contributed by atoms with E-state index >= 15 is 0 Å². The first kappa shape index (κ1) is 20.2. The van der Waals surface area contributed by atoms with Crippen molar-refractivity contribution in [2.24, 2.45) is 0 Å². The Bertz CT molecular complexity index is 1180. The van der Waals surface area contributed by atoms with Gasteiger partial charge in [-0.3, -0.25) is 10.2 Å². The molecule has 3 aromatic rings. The summed E-state index contributed by atoms with van der Waals surface area (Å²) in [5, 5.41) is 2.65. The number of carbonyl (C=O) groups excluding carboxylic acids is 1. The van der Waals surface area contributed by atoms with E-state index in [0.29, 0.717) is 23.6 Å². The molecule has 1 N–H and O–H groups in total. The fourth-order valence-corrected chi connectivity index (χ4v) is 4.11. The van der Waals surface area contributed by atoms with Crippen molar-refractivity contribution >= 4 is 23.4 Å². The minimum absolute atomic E-state index is 0.146. The summed E-state index contributed by atoms with van der Waals surface area (Å²) in [5.41, 5.74) is 0.596. The Morgan fingerprint density at radius 3 is 2.72 bits per heavy atom. The molecule has 0 saturated carbocycles. The van der Waals surface area contributed by atoms with Crippen LogP contribution in [0.5, 0.6) is 0 Å². The van der Waals surface area contributed by atoms with Crippen LogP contribution in [0.1, 0.15) is 12.0 Å². The zero-order valence-corrected chi connectivity index (χ0v) is 16.6. The van der Waals surface area contributed by atoms with E-state index in [0.717, 1.165) is 37.0 Å². The normalized spacial score (nSPS) is 17.3. The van der Waals surface area contributed by atoms with Gasteiger partial charge in [-0.2, -0.15) is 13.2 Å². The van der Waals surface area contributed by atoms with E-state index in [1.54, 1.807) is 18.2 Å². The first-order valence-electron chi connectivity index (χ1n) is 9.95. The van der Waals surface area contributed by atoms with E-state index in [1.165, 1.54) is 23.1 Å². The second-order valence-corrected chi connectivity index (χ2v) is 7.67. The SMILES string of the molecule is O=C(Nc1ccc(F)cn1)N1c2nc(-c3cccc(C(F)(F)F)c3)ccc2N2CC[C@@H]1C2. The van der Waals surface area contributed by atoms with E-state index in [2.05, 4.69) is 20.2 Å². The van der Waals surface area contributed by atoms with Crippen molar-refractivity contribution in [3.8, 4) is 11.3 Å². The number of fused-ring (bicyclic) bond motifs is 4. The summed E-state index contributed by atoms with van der Waals surface area (Å²) in [6.07, 6.45) is -2.75. The zero-order valence-electron chi connectivity index (χ0n) is 16.6. The van der Waals surface area contributed by atoms with Gasteiger partial charge in [-0.25, -0.2) is 19.2 Å². The van der Waals surface area contributed by atoms with Gasteiger partial charge in [-0.05, 0) is 42.8 Å². The molecule has 2 amide bonds. The Hall–Kier alpha value is -3.69. The van der Waals surface area contributed by atoms with Gasteiger partial charge in [0.2, 0.25) is 0 Å². The molecule has 164 valence electrons. The number of alkyl halides is 3. The summed E-state index contributed by atoms with van der Waals surface area (Å²) >= 11 is 0. The Kier molecular flexibility index (Phi) is 4.72. The number of halogens is 4. The van der Waals surface area contributed by atoms with Gasteiger partial charge in [0.15, 0.2) is 5.82 Å². The van der Waals surface area contributed by atoms with Crippen LogP contribution < -0.4 is 15.1 Å². The van der Waals surface area contributed by atoms with Crippen LogP contribution in [0.4, 0.5) is 39.7 Å². The number of nitrogens with zero attached hydrogens (tertiary/aromatic N) is 4. The summed E-state index contributed by atoms with van der Waals surface area (Å²) in [6.45, 7) is 1.36. The smallest absolute Gasteiger partial charge is 0.366 e. The van der Waals surface area contributed by atoms with Crippen molar-refractivity contribution in [3.63, 3.8) is 0 Å². The molecule has 0 unspecified atom stereocenters. The van der Waals surface area contributed by atoms with Crippen LogP contribution in [0, 0.1) is 5.82 Å². The molecule has 1 atom stereocenters. The fraction of sp³-hybridized carbons (Fsp3) is 0.227. The molecule has 6 nitrogen and oxygen atoms in total. The van der Waals surface area contributed by atoms with Crippen molar-refractivity contribution < 1.29 is 22.4 Å². The summed E-state index contributed by atoms with van der Waals surface area (Å²) < 4.78 is 52.6. The lowest BCUT2D eigenvalue weighted by atomic mass is 10.1. The Morgan fingerprint density at radius 2 is 1.97 bits per heavy atom. The molecule has 2 aliphatic rings. The molecule has 0 radical (unpaired) electrons. The first-order chi connectivity index (χ1) is 15.3. The van der Waals surface area contributed by atoms with Crippen molar-refractivity contribution in [1.29, 1.82) is 0 Å². The van der Waals surface area contributed by atoms with Gasteiger partial charge in [-0.15, -0.1) is 0 Å². The van der Waals surface area contributed by atoms with Crippen LogP contribution in [0.3, 0.4) is 0 Å². The maximum absolute atomic E-state index is 13.1. The van der Waals surface area contributed by atoms with Crippen LogP contribution in [0.15, 0.2) is 54.7 Å². The number of urea groups is 1. The largest absolute Gasteiger partial charge is 0.416 e. The van der Waals surface area contributed by atoms with Crippen molar-refractivity contribution in [3.05, 3.63) is 66.1 Å². The molecular weight excluding hydrogens is 426 g/mol. The number of anilines is 3. The van der Waals surface area contributed by atoms with Gasteiger partial charge < -0.3 is 4.90 Å². The van der Waals surface area contributed by atoms with Gasteiger partial charge in [0.1, 0.15) is 11.6 Å². The topological polar surface area (TPSA) is 61.4 Å². The lowest BCUT2D eigenvalue weighted by Gasteiger charge is -2.35. The Morgan fingerprint density at radius 1 is 1.12 bits per heavy atom. The van der Waals surface area contributed by atoms with E-state index < -0.39 is 23.6 Å². The number of hydrogen-bond donors (Lipinski definition) is 1. The molecule has 32 heavy (non-hydrogen) atoms. The summed E-state index contributed by atoms with van der Waals surface area (Å²) in [5.74, 6) is 0.0332. The van der Waals surface area contributed by atoms with Crippen LogP contribution in [-0.4, -0.2) is 35.1 Å². The van der Waals surface area contributed by atoms with Crippen LogP contribution in [0.25, 0.3) is 11.3 Å². The number of benzene rings is 1. The third-order valence-electron chi connectivity index (χ3n) is 5.62. The van der Waals surface area contributed by atoms with Gasteiger partial charge in [0.05, 0.1) is 29.2 Å². The van der Waals surface area contributed by atoms with Crippen LogP contribution in [-0.2, 0) is 6.18 Å². The van der Waals surface area contributed by atoms with Crippen molar-refractivity contribution in [2.45, 2.75) is 18.6 Å². The molecule has 10 heteroatoms. The lowest BCUT2D eigenvalue weighted by molar-refractivity contribution is -0.137. The molecule has 2 aromatic heterocycles. The average molecular weight is 443 g/mol. The average Bonchev–Trinajstić information content (AvgIpc) is 3.19. The third-order valence-corrected chi connectivity index (χ3v) is 5.62. The zero-order chi connectivity index (χ0) is 22.5. The standard InChI is InChI=1S/C22H17F4N5O/c23-15-4-7-19(27-11-15)29-21(32)31-16-8-9-30(12-16)18-6-5-17(28-20(18)31)13-2-1-3-14(10-13)22(24,25)26/h1-7,10-11,16H,8-9,12H2,(H,27,29,32)/t16-/m1/s1. The molecule has 4 heterocycles. The van der Waals surface area contributed by atoms with Crippen molar-refractivity contribution in [2.75, 3.05) is 28.2 Å². The van der Waals surface area contributed by atoms with E-state index in [4.69, 9.17) is 0 Å². The minimum Gasteiger partial charge on any atom is -0.366 e. The van der Waals surface area contributed by atoms with Crippen LogP contribution in [0.2, 0.25) is 0 Å². The maximum atomic E-state index is 13.1. The second kappa shape index (κ2) is 7.47. The number of rotatable bonds is 2. The third kappa shape index (κ3) is 3.61. The monoisotopic (exact) mass is 443 g/mol. The van der Waals surface area contributed by atoms with E-state index in [1.807, 2.05) is 0 Å². The number of aromatic nitrogens is 2. The molecule has 1 aromatic carbocycles. The van der Waals surface area contributed by atoms with Crippen LogP contribution >= 0.6 is 0 Å². The summed E-state index contributed by atoms with van der Waals surface area (Å²) in [6, 6.07) is 10.3. The molecule has 2 aliphatic heterocycles. The Balaban J connectivity index is 1.52. The number of nitrogens with one attached hydrogen (secondary N) is 1. The maximum Gasteiger partial charge on any atom is 0.416 e. The molecule has 0 spiro atoms. The molecular formula is C22H17F4N5O. The molecule has 0 aliphatic carbocycles. The highest BCUT2D eigenvalue weighted by molar-refractivity contribution is 6.04. The van der Waals surface area contributed by atoms with Gasteiger partial charge in [0, 0.05) is 18.7 Å². The van der Waals surface area contributed by atoms with E-state index in [9.17, 15) is 22.4 Å². The van der Waals surface area contributed by atoms with E-state index in [-0.39, 0.29) is 11.9 Å². The van der Waals surface area contributed by atoms with Gasteiger partial charge >= 0.3 is 12.2 Å². The predicted molar refractivity (Wildman–Crippen MR) is 111 cm³/mol. The number of carbonyl (C=O) groups is 1. The number of pyridine rings is 2. The Labute approximate surface area is 180 Å². The highest BCUT2D eigenvalue weighted by Gasteiger charge is 2.40. The molecule has 1 fully saturated rings. The lowest BCUT2D eigenvalue weighted by Crippen LogP contribution is -2.48. The number of amides is 2. The highest BCUT2D eigenvalue weighted by Crippen LogP contribution is 2.41.